The Labute approximate surface area is 113 Å². The Morgan fingerprint density at radius 1 is 1.33 bits per heavy atom. The maximum atomic E-state index is 12.7. The van der Waals surface area contributed by atoms with E-state index in [9.17, 15) is 9.18 Å². The second kappa shape index (κ2) is 8.14. The van der Waals surface area contributed by atoms with Crippen molar-refractivity contribution in [2.75, 3.05) is 25.1 Å². The summed E-state index contributed by atoms with van der Waals surface area (Å²) in [6.45, 7) is 2.77. The van der Waals surface area contributed by atoms with E-state index >= 15 is 0 Å². The van der Waals surface area contributed by atoms with Crippen molar-refractivity contribution < 1.29 is 9.18 Å². The molecular formula is C14H20FNOS. The van der Waals surface area contributed by atoms with E-state index in [0.29, 0.717) is 13.0 Å². The zero-order valence-corrected chi connectivity index (χ0v) is 11.8. The van der Waals surface area contributed by atoms with E-state index in [2.05, 4.69) is 6.92 Å². The molecule has 0 fully saturated rings. The van der Waals surface area contributed by atoms with Crippen molar-refractivity contribution in [1.29, 1.82) is 0 Å². The molecule has 0 unspecified atom stereocenters. The highest BCUT2D eigenvalue weighted by atomic mass is 32.2. The lowest BCUT2D eigenvalue weighted by atomic mass is 10.1. The highest BCUT2D eigenvalue weighted by molar-refractivity contribution is 7.99. The molecule has 1 rings (SSSR count). The van der Waals surface area contributed by atoms with E-state index in [1.165, 1.54) is 12.1 Å². The minimum Gasteiger partial charge on any atom is -0.345 e. The van der Waals surface area contributed by atoms with Gasteiger partial charge in [0.1, 0.15) is 5.82 Å². The minimum absolute atomic E-state index is 0.179. The molecule has 0 N–H and O–H groups in total. The van der Waals surface area contributed by atoms with Crippen molar-refractivity contribution in [2.24, 2.45) is 0 Å². The largest absolute Gasteiger partial charge is 0.345 e. The van der Waals surface area contributed by atoms with Gasteiger partial charge in [-0.1, -0.05) is 19.1 Å². The van der Waals surface area contributed by atoms with Gasteiger partial charge < -0.3 is 4.90 Å². The number of thioether (sulfide) groups is 1. The predicted molar refractivity (Wildman–Crippen MR) is 75.4 cm³/mol. The zero-order chi connectivity index (χ0) is 13.4. The van der Waals surface area contributed by atoms with Gasteiger partial charge in [0.2, 0.25) is 5.91 Å². The number of amides is 1. The zero-order valence-electron chi connectivity index (χ0n) is 11.0. The summed E-state index contributed by atoms with van der Waals surface area (Å²) >= 11 is 1.78. The van der Waals surface area contributed by atoms with Crippen molar-refractivity contribution in [3.05, 3.63) is 35.6 Å². The van der Waals surface area contributed by atoms with Crippen molar-refractivity contribution in [2.45, 2.75) is 19.8 Å². The Bertz CT molecular complexity index is 367. The summed E-state index contributed by atoms with van der Waals surface area (Å²) in [5.41, 5.74) is 1.05. The highest BCUT2D eigenvalue weighted by Gasteiger charge is 2.08. The molecule has 0 saturated heterocycles. The van der Waals surface area contributed by atoms with Crippen LogP contribution in [-0.2, 0) is 11.2 Å². The molecule has 100 valence electrons. The van der Waals surface area contributed by atoms with Gasteiger partial charge in [-0.2, -0.15) is 11.8 Å². The smallest absolute Gasteiger partial charge is 0.223 e. The molecule has 0 saturated carbocycles. The molecule has 0 bridgehead atoms. The first-order chi connectivity index (χ1) is 8.63. The average molecular weight is 269 g/mol. The van der Waals surface area contributed by atoms with Gasteiger partial charge in [-0.3, -0.25) is 4.79 Å². The average Bonchev–Trinajstić information content (AvgIpc) is 2.38. The molecule has 1 amide bonds. The predicted octanol–water partition coefficient (Wildman–Crippen LogP) is 2.97. The monoisotopic (exact) mass is 269 g/mol. The summed E-state index contributed by atoms with van der Waals surface area (Å²) in [6.07, 6.45) is 1.36. The van der Waals surface area contributed by atoms with Crippen LogP contribution in [-0.4, -0.2) is 35.9 Å². The number of carbonyl (C=O) groups is 1. The van der Waals surface area contributed by atoms with Crippen LogP contribution in [0.1, 0.15) is 18.9 Å². The molecule has 0 aliphatic heterocycles. The number of likely N-dealkylation sites (N-methyl/N-ethyl adjacent to an activating group) is 1. The highest BCUT2D eigenvalue weighted by Crippen LogP contribution is 2.06. The summed E-state index contributed by atoms with van der Waals surface area (Å²) in [7, 11) is 1.82. The third-order valence-electron chi connectivity index (χ3n) is 2.74. The van der Waals surface area contributed by atoms with Crippen molar-refractivity contribution in [3.8, 4) is 0 Å². The van der Waals surface area contributed by atoms with E-state index in [1.807, 2.05) is 7.05 Å². The SMILES string of the molecule is CCSCCC(=O)N(C)CCc1ccc(F)cc1. The van der Waals surface area contributed by atoms with Crippen LogP contribution in [0, 0.1) is 5.82 Å². The molecule has 0 heterocycles. The standard InChI is InChI=1S/C14H20FNOS/c1-3-18-11-9-14(17)16(2)10-8-12-4-6-13(15)7-5-12/h4-7H,3,8-11H2,1-2H3. The van der Waals surface area contributed by atoms with E-state index in [0.717, 1.165) is 23.5 Å². The van der Waals surface area contributed by atoms with Crippen molar-refractivity contribution in [3.63, 3.8) is 0 Å². The molecule has 2 nitrogen and oxygen atoms in total. The van der Waals surface area contributed by atoms with Crippen LogP contribution in [0.25, 0.3) is 0 Å². The molecule has 0 radical (unpaired) electrons. The first-order valence-electron chi connectivity index (χ1n) is 6.19. The fourth-order valence-electron chi connectivity index (χ4n) is 1.57. The lowest BCUT2D eigenvalue weighted by Crippen LogP contribution is -2.29. The topological polar surface area (TPSA) is 20.3 Å². The summed E-state index contributed by atoms with van der Waals surface area (Å²) in [6, 6.07) is 6.44. The molecule has 0 aromatic heterocycles. The Morgan fingerprint density at radius 3 is 2.61 bits per heavy atom. The van der Waals surface area contributed by atoms with Gasteiger partial charge in [0.25, 0.3) is 0 Å². The third kappa shape index (κ3) is 5.54. The van der Waals surface area contributed by atoms with Gasteiger partial charge >= 0.3 is 0 Å². The molecule has 0 atom stereocenters. The van der Waals surface area contributed by atoms with E-state index in [1.54, 1.807) is 28.8 Å². The Hall–Kier alpha value is -1.03. The molecule has 0 aliphatic rings. The molecule has 1 aromatic rings. The normalized spacial score (nSPS) is 10.4. The number of hydrogen-bond acceptors (Lipinski definition) is 2. The van der Waals surface area contributed by atoms with Gasteiger partial charge in [-0.15, -0.1) is 0 Å². The summed E-state index contributed by atoms with van der Waals surface area (Å²) < 4.78 is 12.7. The van der Waals surface area contributed by atoms with E-state index in [-0.39, 0.29) is 11.7 Å². The van der Waals surface area contributed by atoms with Gasteiger partial charge in [-0.05, 0) is 29.9 Å². The first-order valence-corrected chi connectivity index (χ1v) is 7.35. The molecule has 4 heteroatoms. The minimum atomic E-state index is -0.222. The van der Waals surface area contributed by atoms with Gasteiger partial charge in [0.15, 0.2) is 0 Å². The summed E-state index contributed by atoms with van der Waals surface area (Å²) in [4.78, 5) is 13.5. The lowest BCUT2D eigenvalue weighted by molar-refractivity contribution is -0.129. The Balaban J connectivity index is 2.29. The summed E-state index contributed by atoms with van der Waals surface area (Å²) in [5.74, 6) is 1.89. The second-order valence-corrected chi connectivity index (χ2v) is 5.53. The van der Waals surface area contributed by atoms with E-state index in [4.69, 9.17) is 0 Å². The van der Waals surface area contributed by atoms with Crippen LogP contribution in [0.3, 0.4) is 0 Å². The first kappa shape index (κ1) is 15.0. The Kier molecular flexibility index (Phi) is 6.80. The molecule has 0 spiro atoms. The molecule has 0 aliphatic carbocycles. The van der Waals surface area contributed by atoms with Crippen LogP contribution in [0.2, 0.25) is 0 Å². The molecular weight excluding hydrogens is 249 g/mol. The summed E-state index contributed by atoms with van der Waals surface area (Å²) in [5, 5.41) is 0. The number of carbonyl (C=O) groups excluding carboxylic acids is 1. The maximum Gasteiger partial charge on any atom is 0.223 e. The molecule has 1 aromatic carbocycles. The van der Waals surface area contributed by atoms with Crippen LogP contribution in [0.5, 0.6) is 0 Å². The van der Waals surface area contributed by atoms with Crippen LogP contribution < -0.4 is 0 Å². The third-order valence-corrected chi connectivity index (χ3v) is 3.64. The van der Waals surface area contributed by atoms with Gasteiger partial charge in [-0.25, -0.2) is 4.39 Å². The number of halogens is 1. The van der Waals surface area contributed by atoms with Crippen LogP contribution >= 0.6 is 11.8 Å². The maximum absolute atomic E-state index is 12.7. The molecule has 18 heavy (non-hydrogen) atoms. The van der Waals surface area contributed by atoms with Gasteiger partial charge in [0.05, 0.1) is 0 Å². The van der Waals surface area contributed by atoms with Crippen LogP contribution in [0.15, 0.2) is 24.3 Å². The van der Waals surface area contributed by atoms with Gasteiger partial charge in [0, 0.05) is 25.8 Å². The number of nitrogens with zero attached hydrogens (tertiary/aromatic N) is 1. The van der Waals surface area contributed by atoms with Crippen molar-refractivity contribution in [1.82, 2.24) is 4.90 Å². The number of rotatable bonds is 7. The van der Waals surface area contributed by atoms with E-state index < -0.39 is 0 Å². The fraction of sp³-hybridized carbons (Fsp3) is 0.500. The lowest BCUT2D eigenvalue weighted by Gasteiger charge is -2.17. The second-order valence-electron chi connectivity index (χ2n) is 4.14. The van der Waals surface area contributed by atoms with Crippen LogP contribution in [0.4, 0.5) is 4.39 Å². The number of hydrogen-bond donors (Lipinski definition) is 0. The number of benzene rings is 1. The quantitative estimate of drug-likeness (QED) is 0.709. The fourth-order valence-corrected chi connectivity index (χ4v) is 2.17. The van der Waals surface area contributed by atoms with Crippen molar-refractivity contribution >= 4 is 17.7 Å². The Morgan fingerprint density at radius 2 is 2.00 bits per heavy atom.